The number of hydrogen-bond donors (Lipinski definition) is 4. The van der Waals surface area contributed by atoms with Crippen molar-refractivity contribution in [1.82, 2.24) is 14.8 Å². The van der Waals surface area contributed by atoms with E-state index in [-0.39, 0.29) is 29.3 Å². The second-order valence-electron chi connectivity index (χ2n) is 8.51. The zero-order chi connectivity index (χ0) is 24.4. The molecule has 2 aromatic heterocycles. The number of primary amides is 1. The Morgan fingerprint density at radius 3 is 2.68 bits per heavy atom. The lowest BCUT2D eigenvalue weighted by Gasteiger charge is -2.30. The van der Waals surface area contributed by atoms with Crippen molar-refractivity contribution in [3.05, 3.63) is 41.3 Å². The molecule has 34 heavy (non-hydrogen) atoms. The number of aromatic nitrogens is 3. The van der Waals surface area contributed by atoms with Gasteiger partial charge >= 0.3 is 0 Å². The van der Waals surface area contributed by atoms with Crippen LogP contribution < -0.4 is 22.1 Å². The van der Waals surface area contributed by atoms with Gasteiger partial charge in [0.1, 0.15) is 12.4 Å². The second-order valence-corrected chi connectivity index (χ2v) is 8.51. The Bertz CT molecular complexity index is 1200. The average molecular weight is 476 g/mol. The van der Waals surface area contributed by atoms with Crippen molar-refractivity contribution < 1.29 is 18.0 Å². The van der Waals surface area contributed by atoms with Crippen LogP contribution in [0.4, 0.5) is 30.5 Å². The van der Waals surface area contributed by atoms with Crippen LogP contribution in [0.15, 0.2) is 24.3 Å². The summed E-state index contributed by atoms with van der Waals surface area (Å²) in [5, 5.41) is 11.1. The lowest BCUT2D eigenvalue weighted by molar-refractivity contribution is 0.1000. The van der Waals surface area contributed by atoms with Gasteiger partial charge in [-0.2, -0.15) is 5.10 Å². The standard InChI is InChI=1S/C23H28F3N7O/c1-2-17-13-9-12(7-8-19(13)33(32-17)11-20(25)26)29-22-14(21(28)34)10-15(24)23(31-22)30-18-6-4-3-5-16(18)27/h7-10,16,18,20H,2-6,11,27H2,1H3,(H2,28,34)(H2,29,30,31)/t16-,18+/m0/s1. The first-order valence-electron chi connectivity index (χ1n) is 11.3. The third kappa shape index (κ3) is 4.93. The minimum Gasteiger partial charge on any atom is -0.365 e. The zero-order valence-corrected chi connectivity index (χ0v) is 18.8. The van der Waals surface area contributed by atoms with E-state index in [0.717, 1.165) is 31.7 Å². The quantitative estimate of drug-likeness (QED) is 0.392. The molecule has 1 aromatic carbocycles. The molecule has 1 aliphatic carbocycles. The molecule has 1 fully saturated rings. The van der Waals surface area contributed by atoms with Crippen LogP contribution in [0.3, 0.4) is 0 Å². The number of carbonyl (C=O) groups is 1. The Hall–Kier alpha value is -3.34. The number of carbonyl (C=O) groups excluding carboxylic acids is 1. The van der Waals surface area contributed by atoms with Gasteiger partial charge in [0, 0.05) is 23.2 Å². The van der Waals surface area contributed by atoms with Crippen LogP contribution in [-0.4, -0.2) is 39.2 Å². The summed E-state index contributed by atoms with van der Waals surface area (Å²) in [5.74, 6) is -1.47. The number of nitrogens with two attached hydrogens (primary N) is 2. The van der Waals surface area contributed by atoms with Crippen molar-refractivity contribution in [3.8, 4) is 0 Å². The van der Waals surface area contributed by atoms with Gasteiger partial charge in [0.25, 0.3) is 12.3 Å². The van der Waals surface area contributed by atoms with Crippen LogP contribution in [0.5, 0.6) is 0 Å². The Balaban J connectivity index is 1.68. The molecule has 2 atom stereocenters. The highest BCUT2D eigenvalue weighted by Crippen LogP contribution is 2.29. The molecular formula is C23H28F3N7O. The van der Waals surface area contributed by atoms with Crippen molar-refractivity contribution in [3.63, 3.8) is 0 Å². The van der Waals surface area contributed by atoms with E-state index in [0.29, 0.717) is 28.7 Å². The average Bonchev–Trinajstić information content (AvgIpc) is 3.13. The van der Waals surface area contributed by atoms with Gasteiger partial charge in [-0.05, 0) is 43.5 Å². The van der Waals surface area contributed by atoms with Gasteiger partial charge in [-0.1, -0.05) is 19.8 Å². The topological polar surface area (TPSA) is 124 Å². The van der Waals surface area contributed by atoms with E-state index in [9.17, 15) is 18.0 Å². The van der Waals surface area contributed by atoms with Gasteiger partial charge in [-0.3, -0.25) is 9.48 Å². The predicted octanol–water partition coefficient (Wildman–Crippen LogP) is 3.92. The fraction of sp³-hybridized carbons (Fsp3) is 0.435. The fourth-order valence-electron chi connectivity index (χ4n) is 4.38. The van der Waals surface area contributed by atoms with Crippen LogP contribution in [0, 0.1) is 5.82 Å². The highest BCUT2D eigenvalue weighted by atomic mass is 19.3. The number of fused-ring (bicyclic) bond motifs is 1. The summed E-state index contributed by atoms with van der Waals surface area (Å²) in [5.41, 5.74) is 13.3. The van der Waals surface area contributed by atoms with Crippen molar-refractivity contribution in [2.24, 2.45) is 11.5 Å². The van der Waals surface area contributed by atoms with E-state index in [1.807, 2.05) is 6.92 Å². The second kappa shape index (κ2) is 9.88. The lowest BCUT2D eigenvalue weighted by atomic mass is 9.91. The molecular weight excluding hydrogens is 447 g/mol. The molecule has 182 valence electrons. The number of anilines is 3. The van der Waals surface area contributed by atoms with Crippen LogP contribution in [0.1, 0.15) is 48.7 Å². The molecule has 1 saturated carbocycles. The maximum absolute atomic E-state index is 14.8. The normalized spacial score (nSPS) is 18.4. The molecule has 3 aromatic rings. The Kier molecular flexibility index (Phi) is 6.92. The molecule has 0 radical (unpaired) electrons. The number of pyridine rings is 1. The van der Waals surface area contributed by atoms with Crippen molar-refractivity contribution >= 4 is 34.1 Å². The van der Waals surface area contributed by atoms with E-state index in [1.165, 1.54) is 4.68 Å². The molecule has 0 spiro atoms. The first-order chi connectivity index (χ1) is 16.3. The van der Waals surface area contributed by atoms with Gasteiger partial charge < -0.3 is 22.1 Å². The van der Waals surface area contributed by atoms with Crippen molar-refractivity contribution in [2.45, 2.75) is 64.1 Å². The smallest absolute Gasteiger partial charge is 0.257 e. The number of amides is 1. The summed E-state index contributed by atoms with van der Waals surface area (Å²) >= 11 is 0. The number of rotatable bonds is 8. The highest BCUT2D eigenvalue weighted by molar-refractivity contribution is 5.99. The zero-order valence-electron chi connectivity index (χ0n) is 18.8. The number of halogens is 3. The summed E-state index contributed by atoms with van der Waals surface area (Å²) in [6.45, 7) is 1.38. The molecule has 0 aliphatic heterocycles. The molecule has 4 rings (SSSR count). The minimum absolute atomic E-state index is 0.0186. The largest absolute Gasteiger partial charge is 0.365 e. The van der Waals surface area contributed by atoms with Gasteiger partial charge in [-0.25, -0.2) is 18.2 Å². The minimum atomic E-state index is -2.53. The van der Waals surface area contributed by atoms with Crippen molar-refractivity contribution in [2.75, 3.05) is 10.6 Å². The molecule has 0 bridgehead atoms. The monoisotopic (exact) mass is 475 g/mol. The summed E-state index contributed by atoms with van der Waals surface area (Å²) < 4.78 is 41.9. The molecule has 1 amide bonds. The Labute approximate surface area is 194 Å². The summed E-state index contributed by atoms with van der Waals surface area (Å²) in [6.07, 6.45) is 1.66. The third-order valence-electron chi connectivity index (χ3n) is 6.12. The lowest BCUT2D eigenvalue weighted by Crippen LogP contribution is -2.43. The molecule has 0 unspecified atom stereocenters. The number of nitrogens with zero attached hydrogens (tertiary/aromatic N) is 3. The van der Waals surface area contributed by atoms with E-state index in [2.05, 4.69) is 20.7 Å². The molecule has 0 saturated heterocycles. The maximum atomic E-state index is 14.8. The van der Waals surface area contributed by atoms with E-state index >= 15 is 0 Å². The van der Waals surface area contributed by atoms with Gasteiger partial charge in [-0.15, -0.1) is 0 Å². The number of benzene rings is 1. The SMILES string of the molecule is CCc1nn(CC(F)F)c2ccc(Nc3nc(N[C@@H]4CCCC[C@@H]4N)c(F)cc3C(N)=O)cc12. The van der Waals surface area contributed by atoms with E-state index in [1.54, 1.807) is 18.2 Å². The van der Waals surface area contributed by atoms with Crippen LogP contribution in [0.2, 0.25) is 0 Å². The van der Waals surface area contributed by atoms with Gasteiger partial charge in [0.15, 0.2) is 11.6 Å². The molecule has 2 heterocycles. The summed E-state index contributed by atoms with van der Waals surface area (Å²) in [4.78, 5) is 16.3. The number of aryl methyl sites for hydroxylation is 1. The Morgan fingerprint density at radius 2 is 2.00 bits per heavy atom. The molecule has 11 heteroatoms. The first kappa shape index (κ1) is 23.8. The predicted molar refractivity (Wildman–Crippen MR) is 125 cm³/mol. The van der Waals surface area contributed by atoms with Crippen LogP contribution >= 0.6 is 0 Å². The van der Waals surface area contributed by atoms with Gasteiger partial charge in [0.2, 0.25) is 0 Å². The summed E-state index contributed by atoms with van der Waals surface area (Å²) in [6, 6.07) is 5.85. The van der Waals surface area contributed by atoms with E-state index < -0.39 is 24.7 Å². The fourth-order valence-corrected chi connectivity index (χ4v) is 4.38. The summed E-state index contributed by atoms with van der Waals surface area (Å²) in [7, 11) is 0. The number of alkyl halides is 2. The highest BCUT2D eigenvalue weighted by Gasteiger charge is 2.24. The van der Waals surface area contributed by atoms with Crippen LogP contribution in [0.25, 0.3) is 10.9 Å². The number of hydrogen-bond acceptors (Lipinski definition) is 6. The third-order valence-corrected chi connectivity index (χ3v) is 6.12. The van der Waals surface area contributed by atoms with Crippen molar-refractivity contribution in [1.29, 1.82) is 0 Å². The molecule has 1 aliphatic rings. The van der Waals surface area contributed by atoms with E-state index in [4.69, 9.17) is 11.5 Å². The maximum Gasteiger partial charge on any atom is 0.257 e. The number of nitrogens with one attached hydrogen (secondary N) is 2. The molecule has 6 N–H and O–H groups in total. The first-order valence-corrected chi connectivity index (χ1v) is 11.3. The molecule has 8 nitrogen and oxygen atoms in total. The van der Waals surface area contributed by atoms with Gasteiger partial charge in [0.05, 0.1) is 16.8 Å². The Morgan fingerprint density at radius 1 is 1.24 bits per heavy atom. The van der Waals surface area contributed by atoms with Crippen LogP contribution in [-0.2, 0) is 13.0 Å².